The SMILES string of the molecule is CC.CC.CC.CC.CC.CC.CC.CC.c1ccc2c(c1)C1=[N+]3C2NC2=c4ccccc4=C4NC5c6ccccc6C6=[N+]5C3(C24)C2C(N1)c1ccccc1C2N6. The third-order valence-electron chi connectivity index (χ3n) is 11.3. The molecule has 0 saturated carbocycles. The Bertz CT molecular complexity index is 2030. The Balaban J connectivity index is 0.000000407. The molecule has 4 unspecified atom stereocenters. The van der Waals surface area contributed by atoms with E-state index in [1.165, 1.54) is 66.9 Å². The van der Waals surface area contributed by atoms with Gasteiger partial charge in [-0.3, -0.25) is 10.6 Å². The molecule has 306 valence electrons. The second kappa shape index (κ2) is 19.5. The summed E-state index contributed by atoms with van der Waals surface area (Å²) in [6.45, 7) is 32.0. The number of nitrogens with one attached hydrogen (secondary N) is 4. The largest absolute Gasteiger partial charge is 0.345 e. The molecule has 1 spiro atoms. The van der Waals surface area contributed by atoms with Gasteiger partial charge in [-0.15, -0.1) is 0 Å². The molecule has 2 fully saturated rings. The molecule has 4 N–H and O–H groups in total. The van der Waals surface area contributed by atoms with Crippen molar-refractivity contribution in [3.05, 3.63) is 141 Å². The summed E-state index contributed by atoms with van der Waals surface area (Å²) in [7, 11) is 0. The smallest absolute Gasteiger partial charge is 0.283 e. The van der Waals surface area contributed by atoms with Gasteiger partial charge in [-0.2, -0.15) is 9.15 Å². The summed E-state index contributed by atoms with van der Waals surface area (Å²) in [5.41, 5.74) is 10.6. The van der Waals surface area contributed by atoms with E-state index in [0.717, 1.165) is 0 Å². The van der Waals surface area contributed by atoms with Gasteiger partial charge in [-0.25, -0.2) is 0 Å². The van der Waals surface area contributed by atoms with Crippen LogP contribution in [0.5, 0.6) is 0 Å². The molecule has 6 nitrogen and oxygen atoms in total. The van der Waals surface area contributed by atoms with E-state index in [1.54, 1.807) is 0 Å². The second-order valence-corrected chi connectivity index (χ2v) is 12.7. The molecule has 4 aromatic rings. The van der Waals surface area contributed by atoms with Gasteiger partial charge in [-0.05, 0) is 12.1 Å². The molecule has 8 aliphatic rings. The van der Waals surface area contributed by atoms with E-state index in [-0.39, 0.29) is 41.9 Å². The summed E-state index contributed by atoms with van der Waals surface area (Å²) in [6.07, 6.45) is 0.110. The van der Waals surface area contributed by atoms with E-state index in [2.05, 4.69) is 127 Å². The van der Waals surface area contributed by atoms with Crippen LogP contribution in [0.4, 0.5) is 0 Å². The zero-order valence-corrected chi connectivity index (χ0v) is 38.1. The Labute approximate surface area is 345 Å². The van der Waals surface area contributed by atoms with E-state index in [1.807, 2.05) is 111 Å². The maximum atomic E-state index is 4.16. The predicted octanol–water partition coefficient (Wildman–Crippen LogP) is 10.2. The number of fused-ring (bicyclic) bond motifs is 10. The quantitative estimate of drug-likeness (QED) is 0.135. The fraction of sp³-hybridized carbons (Fsp3) is 0.451. The van der Waals surface area contributed by atoms with Crippen molar-refractivity contribution in [1.82, 2.24) is 21.3 Å². The van der Waals surface area contributed by atoms with Crippen molar-refractivity contribution < 1.29 is 9.15 Å². The molecule has 6 heterocycles. The number of hydrogen-bond donors (Lipinski definition) is 4. The second-order valence-electron chi connectivity index (χ2n) is 12.7. The summed E-state index contributed by atoms with van der Waals surface area (Å²) in [4.78, 5) is 0. The van der Waals surface area contributed by atoms with Crippen LogP contribution in [0.25, 0.3) is 11.4 Å². The van der Waals surface area contributed by atoms with Crippen LogP contribution in [-0.2, 0) is 0 Å². The molecule has 0 amide bonds. The standard InChI is InChI=1S/C35H24N6.8C2H6/c1-2-10-18-17(9-1)27-25-28(18)37-32-23-15-7-8-16-24(23)34-39-30-20-12-4-3-11-19(20)29-26(30)35(25,41(32)34)40-31(36-27)21-13-5-6-14-22(21)33(40)38-29;8*1-2/h1-16,25-28,33-34,38-39H;8*1-2H3/p+2. The monoisotopic (exact) mass is 771 g/mol. The molecular formula is C51H74N6+2. The van der Waals surface area contributed by atoms with E-state index in [9.17, 15) is 0 Å². The van der Waals surface area contributed by atoms with Gasteiger partial charge in [0.2, 0.25) is 0 Å². The van der Waals surface area contributed by atoms with Gasteiger partial charge < -0.3 is 10.6 Å². The average Bonchev–Trinajstić information content (AvgIpc) is 4.05. The van der Waals surface area contributed by atoms with Crippen LogP contribution in [0, 0.1) is 11.8 Å². The molecule has 57 heavy (non-hydrogen) atoms. The van der Waals surface area contributed by atoms with Gasteiger partial charge in [0, 0.05) is 44.1 Å². The number of amidine groups is 2. The van der Waals surface area contributed by atoms with Crippen molar-refractivity contribution >= 4 is 23.1 Å². The van der Waals surface area contributed by atoms with Gasteiger partial charge >= 0.3 is 0 Å². The van der Waals surface area contributed by atoms with Crippen LogP contribution in [0.1, 0.15) is 169 Å². The average molecular weight is 771 g/mol. The lowest BCUT2D eigenvalue weighted by Gasteiger charge is -2.56. The summed E-state index contributed by atoms with van der Waals surface area (Å²) in [5, 5.41) is 19.3. The van der Waals surface area contributed by atoms with Crippen LogP contribution in [0.15, 0.2) is 97.1 Å². The Kier molecular flexibility index (Phi) is 15.4. The summed E-state index contributed by atoms with van der Waals surface area (Å²) in [6, 6.07) is 36.7. The highest BCUT2D eigenvalue weighted by atomic mass is 15.5. The Morgan fingerprint density at radius 1 is 0.386 bits per heavy atom. The maximum absolute atomic E-state index is 4.16. The zero-order chi connectivity index (χ0) is 42.2. The molecule has 12 rings (SSSR count). The van der Waals surface area contributed by atoms with Crippen molar-refractivity contribution in [3.63, 3.8) is 0 Å². The lowest BCUT2D eigenvalue weighted by atomic mass is 9.68. The highest BCUT2D eigenvalue weighted by Crippen LogP contribution is 2.65. The van der Waals surface area contributed by atoms with E-state index < -0.39 is 0 Å². The molecule has 0 bridgehead atoms. The fourth-order valence-electron chi connectivity index (χ4n) is 10.2. The lowest BCUT2D eigenvalue weighted by molar-refractivity contribution is -0.887. The minimum atomic E-state index is -0.316. The molecular weight excluding hydrogens is 697 g/mol. The lowest BCUT2D eigenvalue weighted by Crippen LogP contribution is -2.79. The highest BCUT2D eigenvalue weighted by molar-refractivity contribution is 6.02. The third kappa shape index (κ3) is 6.03. The van der Waals surface area contributed by atoms with Crippen LogP contribution >= 0.6 is 0 Å². The topological polar surface area (TPSA) is 54.1 Å². The molecule has 0 radical (unpaired) electrons. The van der Waals surface area contributed by atoms with Crippen LogP contribution in [-0.4, -0.2) is 26.5 Å². The van der Waals surface area contributed by atoms with Gasteiger partial charge in [-0.1, -0.05) is 196 Å². The van der Waals surface area contributed by atoms with Gasteiger partial charge in [0.25, 0.3) is 17.3 Å². The maximum Gasteiger partial charge on any atom is 0.283 e. The van der Waals surface area contributed by atoms with Crippen molar-refractivity contribution in [2.24, 2.45) is 11.8 Å². The van der Waals surface area contributed by atoms with Gasteiger partial charge in [0.1, 0.15) is 23.9 Å². The van der Waals surface area contributed by atoms with Crippen LogP contribution in [0.2, 0.25) is 0 Å². The number of hydrogen-bond acceptors (Lipinski definition) is 4. The molecule has 6 heteroatoms. The van der Waals surface area contributed by atoms with Crippen molar-refractivity contribution in [1.29, 1.82) is 0 Å². The summed E-state index contributed by atoms with van der Waals surface area (Å²) in [5.74, 6) is 2.98. The first kappa shape index (κ1) is 44.9. The van der Waals surface area contributed by atoms with Crippen LogP contribution in [0.3, 0.4) is 0 Å². The predicted molar refractivity (Wildman–Crippen MR) is 245 cm³/mol. The molecule has 2 aliphatic carbocycles. The molecule has 0 aromatic heterocycles. The minimum Gasteiger partial charge on any atom is -0.345 e. The van der Waals surface area contributed by atoms with E-state index >= 15 is 0 Å². The highest BCUT2D eigenvalue weighted by Gasteiger charge is 2.81. The van der Waals surface area contributed by atoms with E-state index in [0.29, 0.717) is 0 Å². The van der Waals surface area contributed by atoms with Gasteiger partial charge in [0.15, 0.2) is 12.3 Å². The first-order chi connectivity index (χ1) is 28.4. The van der Waals surface area contributed by atoms with Crippen LogP contribution < -0.4 is 31.7 Å². The third-order valence-corrected chi connectivity index (χ3v) is 11.3. The molecule has 6 aliphatic heterocycles. The first-order valence-corrected chi connectivity index (χ1v) is 22.9. The normalized spacial score (nSPS) is 25.3. The molecule has 4 atom stereocenters. The van der Waals surface area contributed by atoms with Crippen molar-refractivity contribution in [2.75, 3.05) is 0 Å². The van der Waals surface area contributed by atoms with Crippen molar-refractivity contribution in [3.8, 4) is 0 Å². The summed E-state index contributed by atoms with van der Waals surface area (Å²) >= 11 is 0. The van der Waals surface area contributed by atoms with Crippen molar-refractivity contribution in [2.45, 2.75) is 141 Å². The Hall–Kier alpha value is -4.84. The minimum absolute atomic E-state index is 0.0551. The first-order valence-electron chi connectivity index (χ1n) is 22.9. The number of rotatable bonds is 0. The zero-order valence-electron chi connectivity index (χ0n) is 38.1. The fourth-order valence-corrected chi connectivity index (χ4v) is 10.2. The molecule has 2 saturated heterocycles. The number of nitrogens with zero attached hydrogens (tertiary/aromatic N) is 2. The van der Waals surface area contributed by atoms with E-state index in [4.69, 9.17) is 0 Å². The number of benzene rings is 4. The Morgan fingerprint density at radius 3 is 1.07 bits per heavy atom. The summed E-state index contributed by atoms with van der Waals surface area (Å²) < 4.78 is 5.55. The molecule has 4 aromatic carbocycles. The van der Waals surface area contributed by atoms with Gasteiger partial charge in [0.05, 0.1) is 11.1 Å². The Morgan fingerprint density at radius 2 is 0.702 bits per heavy atom.